The van der Waals surface area contributed by atoms with E-state index < -0.39 is 11.3 Å². The Hall–Kier alpha value is -4.07. The van der Waals surface area contributed by atoms with Crippen LogP contribution in [-0.2, 0) is 25.9 Å². The molecule has 3 aromatic rings. The van der Waals surface area contributed by atoms with Gasteiger partial charge in [-0.15, -0.1) is 0 Å². The molecular formula is C28H31N3O5. The second kappa shape index (κ2) is 11.1. The molecule has 188 valence electrons. The number of rotatable bonds is 8. The van der Waals surface area contributed by atoms with Gasteiger partial charge in [0, 0.05) is 38.6 Å². The zero-order valence-electron chi connectivity index (χ0n) is 20.9. The van der Waals surface area contributed by atoms with Crippen molar-refractivity contribution in [2.45, 2.75) is 32.9 Å². The SMILES string of the molecule is CCNC(=O)c1cn(CCc2ccccc2)cc(C(=O)N2CCc3cc(OC)c(OC)cc3C2)c1=O. The summed E-state index contributed by atoms with van der Waals surface area (Å²) in [6, 6.07) is 13.7. The lowest BCUT2D eigenvalue weighted by molar-refractivity contribution is 0.0732. The van der Waals surface area contributed by atoms with Crippen LogP contribution in [0.4, 0.5) is 0 Å². The van der Waals surface area contributed by atoms with Crippen molar-refractivity contribution in [3.63, 3.8) is 0 Å². The van der Waals surface area contributed by atoms with Crippen molar-refractivity contribution < 1.29 is 19.1 Å². The van der Waals surface area contributed by atoms with Gasteiger partial charge in [0.1, 0.15) is 11.1 Å². The normalized spacial score (nSPS) is 12.6. The molecule has 1 N–H and O–H groups in total. The zero-order valence-corrected chi connectivity index (χ0v) is 20.9. The molecule has 8 heteroatoms. The van der Waals surface area contributed by atoms with Crippen LogP contribution in [0.15, 0.2) is 59.7 Å². The Morgan fingerprint density at radius 1 is 0.972 bits per heavy atom. The van der Waals surface area contributed by atoms with Crippen LogP contribution in [0.2, 0.25) is 0 Å². The minimum Gasteiger partial charge on any atom is -0.493 e. The molecule has 1 aromatic heterocycles. The fraction of sp³-hybridized carbons (Fsp3) is 0.321. The van der Waals surface area contributed by atoms with Gasteiger partial charge in [-0.05, 0) is 48.6 Å². The molecule has 0 fully saturated rings. The van der Waals surface area contributed by atoms with E-state index >= 15 is 0 Å². The van der Waals surface area contributed by atoms with Gasteiger partial charge < -0.3 is 24.3 Å². The molecule has 0 radical (unpaired) electrons. The Morgan fingerprint density at radius 3 is 2.31 bits per heavy atom. The van der Waals surface area contributed by atoms with Gasteiger partial charge in [0.2, 0.25) is 5.43 Å². The molecule has 0 saturated heterocycles. The average molecular weight is 490 g/mol. The summed E-state index contributed by atoms with van der Waals surface area (Å²) >= 11 is 0. The van der Waals surface area contributed by atoms with Gasteiger partial charge in [0.25, 0.3) is 11.8 Å². The highest BCUT2D eigenvalue weighted by atomic mass is 16.5. The lowest BCUT2D eigenvalue weighted by Gasteiger charge is -2.29. The highest BCUT2D eigenvalue weighted by Gasteiger charge is 2.27. The van der Waals surface area contributed by atoms with E-state index in [1.807, 2.05) is 42.5 Å². The lowest BCUT2D eigenvalue weighted by Crippen LogP contribution is -2.40. The number of hydrogen-bond donors (Lipinski definition) is 1. The minimum absolute atomic E-state index is 0.00394. The number of benzene rings is 2. The summed E-state index contributed by atoms with van der Waals surface area (Å²) < 4.78 is 12.6. The Labute approximate surface area is 210 Å². The van der Waals surface area contributed by atoms with Crippen LogP contribution in [0.5, 0.6) is 11.5 Å². The van der Waals surface area contributed by atoms with Crippen LogP contribution in [0.25, 0.3) is 0 Å². The van der Waals surface area contributed by atoms with Gasteiger partial charge in [0.15, 0.2) is 11.5 Å². The number of carbonyl (C=O) groups excluding carboxylic acids is 2. The molecule has 1 aliphatic rings. The first-order valence-electron chi connectivity index (χ1n) is 12.0. The van der Waals surface area contributed by atoms with E-state index in [2.05, 4.69) is 5.32 Å². The van der Waals surface area contributed by atoms with Crippen molar-refractivity contribution >= 4 is 11.8 Å². The number of ether oxygens (including phenoxy) is 2. The van der Waals surface area contributed by atoms with Gasteiger partial charge in [-0.25, -0.2) is 0 Å². The molecule has 0 spiro atoms. The van der Waals surface area contributed by atoms with Crippen molar-refractivity contribution in [2.24, 2.45) is 0 Å². The van der Waals surface area contributed by atoms with E-state index in [1.165, 1.54) is 6.20 Å². The van der Waals surface area contributed by atoms with Gasteiger partial charge in [-0.2, -0.15) is 0 Å². The molecule has 2 heterocycles. The van der Waals surface area contributed by atoms with Gasteiger partial charge >= 0.3 is 0 Å². The molecule has 4 rings (SSSR count). The monoisotopic (exact) mass is 489 g/mol. The van der Waals surface area contributed by atoms with E-state index in [-0.39, 0.29) is 17.0 Å². The Bertz CT molecular complexity index is 1320. The highest BCUT2D eigenvalue weighted by Crippen LogP contribution is 2.33. The molecule has 0 aliphatic carbocycles. The number of pyridine rings is 1. The van der Waals surface area contributed by atoms with Crippen molar-refractivity contribution in [3.8, 4) is 11.5 Å². The van der Waals surface area contributed by atoms with E-state index in [0.717, 1.165) is 16.7 Å². The molecular weight excluding hydrogens is 458 g/mol. The molecule has 8 nitrogen and oxygen atoms in total. The predicted molar refractivity (Wildman–Crippen MR) is 137 cm³/mol. The maximum Gasteiger partial charge on any atom is 0.259 e. The number of fused-ring (bicyclic) bond motifs is 1. The first kappa shape index (κ1) is 25.0. The Balaban J connectivity index is 1.65. The second-order valence-electron chi connectivity index (χ2n) is 8.70. The number of carbonyl (C=O) groups is 2. The van der Waals surface area contributed by atoms with E-state index in [9.17, 15) is 14.4 Å². The van der Waals surface area contributed by atoms with E-state index in [4.69, 9.17) is 9.47 Å². The fourth-order valence-electron chi connectivity index (χ4n) is 4.46. The first-order chi connectivity index (χ1) is 17.4. The van der Waals surface area contributed by atoms with Crippen LogP contribution in [0.1, 0.15) is 44.3 Å². The highest BCUT2D eigenvalue weighted by molar-refractivity contribution is 5.99. The number of aryl methyl sites for hydroxylation is 2. The van der Waals surface area contributed by atoms with Crippen molar-refractivity contribution in [3.05, 3.63) is 92.9 Å². The molecule has 1 aliphatic heterocycles. The number of hydrogen-bond acceptors (Lipinski definition) is 5. The predicted octanol–water partition coefficient (Wildman–Crippen LogP) is 3.06. The number of methoxy groups -OCH3 is 2. The van der Waals surface area contributed by atoms with Crippen molar-refractivity contribution in [1.82, 2.24) is 14.8 Å². The van der Waals surface area contributed by atoms with Crippen LogP contribution in [0, 0.1) is 0 Å². The number of aromatic nitrogens is 1. The van der Waals surface area contributed by atoms with E-state index in [0.29, 0.717) is 50.5 Å². The molecule has 2 aromatic carbocycles. The van der Waals surface area contributed by atoms with Crippen LogP contribution >= 0.6 is 0 Å². The molecule has 36 heavy (non-hydrogen) atoms. The summed E-state index contributed by atoms with van der Waals surface area (Å²) in [7, 11) is 3.16. The molecule has 0 bridgehead atoms. The summed E-state index contributed by atoms with van der Waals surface area (Å²) in [4.78, 5) is 41.2. The molecule has 0 unspecified atom stereocenters. The number of nitrogens with one attached hydrogen (secondary N) is 1. The minimum atomic E-state index is -0.556. The topological polar surface area (TPSA) is 89.9 Å². The zero-order chi connectivity index (χ0) is 25.7. The third-order valence-corrected chi connectivity index (χ3v) is 6.40. The lowest BCUT2D eigenvalue weighted by atomic mass is 9.98. The second-order valence-corrected chi connectivity index (χ2v) is 8.70. The third kappa shape index (κ3) is 5.27. The van der Waals surface area contributed by atoms with Gasteiger partial charge in [0.05, 0.1) is 14.2 Å². The fourth-order valence-corrected chi connectivity index (χ4v) is 4.46. The molecule has 0 atom stereocenters. The van der Waals surface area contributed by atoms with Crippen LogP contribution in [-0.4, -0.2) is 48.6 Å². The van der Waals surface area contributed by atoms with Crippen molar-refractivity contribution in [1.29, 1.82) is 0 Å². The Kier molecular flexibility index (Phi) is 7.73. The quantitative estimate of drug-likeness (QED) is 0.525. The molecule has 2 amide bonds. The summed E-state index contributed by atoms with van der Waals surface area (Å²) in [5.41, 5.74) is 2.56. The summed E-state index contributed by atoms with van der Waals surface area (Å²) in [5.74, 6) is 0.366. The number of amides is 2. The van der Waals surface area contributed by atoms with Crippen molar-refractivity contribution in [2.75, 3.05) is 27.3 Å². The maximum absolute atomic E-state index is 13.6. The Morgan fingerprint density at radius 2 is 1.64 bits per heavy atom. The largest absolute Gasteiger partial charge is 0.493 e. The summed E-state index contributed by atoms with van der Waals surface area (Å²) in [6.07, 6.45) is 4.43. The van der Waals surface area contributed by atoms with E-state index in [1.54, 1.807) is 36.8 Å². The van der Waals surface area contributed by atoms with Gasteiger partial charge in [-0.3, -0.25) is 14.4 Å². The number of nitrogens with zero attached hydrogens (tertiary/aromatic N) is 2. The van der Waals surface area contributed by atoms with Crippen LogP contribution < -0.4 is 20.2 Å². The average Bonchev–Trinajstić information content (AvgIpc) is 2.91. The third-order valence-electron chi connectivity index (χ3n) is 6.40. The standard InChI is InChI=1S/C28H31N3O5/c1-4-29-27(33)22-17-30(12-10-19-8-6-5-7-9-19)18-23(26(22)32)28(34)31-13-11-20-14-24(35-2)25(36-3)15-21(20)16-31/h5-9,14-15,17-18H,4,10-13,16H2,1-3H3,(H,29,33). The van der Waals surface area contributed by atoms with Gasteiger partial charge in [-0.1, -0.05) is 30.3 Å². The smallest absolute Gasteiger partial charge is 0.259 e. The summed E-state index contributed by atoms with van der Waals surface area (Å²) in [6.45, 7) is 3.49. The maximum atomic E-state index is 13.6. The van der Waals surface area contributed by atoms with Crippen LogP contribution in [0.3, 0.4) is 0 Å². The first-order valence-corrected chi connectivity index (χ1v) is 12.0. The molecule has 0 saturated carbocycles. The summed E-state index contributed by atoms with van der Waals surface area (Å²) in [5, 5.41) is 2.68.